The van der Waals surface area contributed by atoms with Gasteiger partial charge in [-0.25, -0.2) is 9.18 Å². The van der Waals surface area contributed by atoms with E-state index in [2.05, 4.69) is 10.6 Å². The van der Waals surface area contributed by atoms with Gasteiger partial charge in [0.25, 0.3) is 0 Å². The number of piperidine rings is 1. The second kappa shape index (κ2) is 7.08. The van der Waals surface area contributed by atoms with Gasteiger partial charge in [-0.15, -0.1) is 0 Å². The number of benzene rings is 2. The molecule has 2 aromatic rings. The number of carbonyl (C=O) groups excluding carboxylic acids is 1. The average molecular weight is 354 g/mol. The summed E-state index contributed by atoms with van der Waals surface area (Å²) in [5.74, 6) is 0.664. The number of hydrogen-bond acceptors (Lipinski definition) is 3. The first kappa shape index (κ1) is 17.0. The summed E-state index contributed by atoms with van der Waals surface area (Å²) >= 11 is 0. The van der Waals surface area contributed by atoms with E-state index >= 15 is 0 Å². The van der Waals surface area contributed by atoms with Crippen molar-refractivity contribution in [3.8, 4) is 0 Å². The minimum absolute atomic E-state index is 0.197. The van der Waals surface area contributed by atoms with Crippen molar-refractivity contribution in [2.75, 3.05) is 19.6 Å². The Morgan fingerprint density at radius 3 is 2.77 bits per heavy atom. The quantitative estimate of drug-likeness (QED) is 0.867. The molecule has 1 amide bonds. The number of amides is 1. The number of fused-ring (bicyclic) bond motifs is 1. The van der Waals surface area contributed by atoms with Crippen LogP contribution in [-0.2, 0) is 16.8 Å². The number of alkyl carbamates (subject to hydrolysis) is 1. The Hall–Kier alpha value is -2.40. The van der Waals surface area contributed by atoms with E-state index in [1.165, 1.54) is 6.07 Å². The second-order valence-electron chi connectivity index (χ2n) is 7.17. The van der Waals surface area contributed by atoms with E-state index in [1.807, 2.05) is 36.4 Å². The molecule has 3 atom stereocenters. The van der Waals surface area contributed by atoms with E-state index in [-0.39, 0.29) is 17.8 Å². The molecule has 136 valence electrons. The van der Waals surface area contributed by atoms with Gasteiger partial charge in [-0.3, -0.25) is 0 Å². The number of carbonyl (C=O) groups is 1. The molecule has 1 aliphatic carbocycles. The minimum atomic E-state index is -0.429. The molecule has 1 aliphatic heterocycles. The number of hydrogen-bond donors (Lipinski definition) is 2. The number of nitrogens with one attached hydrogen (secondary N) is 2. The van der Waals surface area contributed by atoms with Crippen molar-refractivity contribution in [2.45, 2.75) is 18.4 Å². The van der Waals surface area contributed by atoms with Crippen molar-refractivity contribution in [2.24, 2.45) is 11.8 Å². The highest BCUT2D eigenvalue weighted by Gasteiger charge is 2.65. The molecule has 0 aromatic heterocycles. The molecule has 5 heteroatoms. The van der Waals surface area contributed by atoms with Gasteiger partial charge in [0.1, 0.15) is 12.4 Å². The summed E-state index contributed by atoms with van der Waals surface area (Å²) < 4.78 is 19.1. The van der Waals surface area contributed by atoms with Gasteiger partial charge in [0, 0.05) is 12.0 Å². The van der Waals surface area contributed by atoms with E-state index < -0.39 is 6.09 Å². The van der Waals surface area contributed by atoms with E-state index in [0.29, 0.717) is 18.4 Å². The van der Waals surface area contributed by atoms with E-state index in [1.54, 1.807) is 12.1 Å². The summed E-state index contributed by atoms with van der Waals surface area (Å²) in [5.41, 5.74) is 1.73. The lowest BCUT2D eigenvalue weighted by molar-refractivity contribution is 0.138. The van der Waals surface area contributed by atoms with Crippen LogP contribution in [0, 0.1) is 17.7 Å². The third-order valence-electron chi connectivity index (χ3n) is 5.80. The standard InChI is InChI=1S/C21H23FN2O2/c22-17-8-4-7-16(11-17)21(18-9-10-23-12-19(18)21)14-24-20(25)26-13-15-5-2-1-3-6-15/h1-8,11,18-19,23H,9-10,12-14H2,(H,24,25). The second-order valence-corrected chi connectivity index (χ2v) is 7.17. The third-order valence-corrected chi connectivity index (χ3v) is 5.80. The van der Waals surface area contributed by atoms with Gasteiger partial charge in [0.2, 0.25) is 0 Å². The zero-order valence-corrected chi connectivity index (χ0v) is 14.6. The number of ether oxygens (including phenoxy) is 1. The normalized spacial score (nSPS) is 26.7. The Balaban J connectivity index is 1.42. The molecule has 1 heterocycles. The molecule has 2 aromatic carbocycles. The fourth-order valence-electron chi connectivity index (χ4n) is 4.47. The predicted molar refractivity (Wildman–Crippen MR) is 97.2 cm³/mol. The monoisotopic (exact) mass is 354 g/mol. The highest BCUT2D eigenvalue weighted by Crippen LogP contribution is 2.62. The Labute approximate surface area is 152 Å². The van der Waals surface area contributed by atoms with Gasteiger partial charge in [-0.1, -0.05) is 42.5 Å². The van der Waals surface area contributed by atoms with Crippen LogP contribution in [-0.4, -0.2) is 25.7 Å². The molecular formula is C21H23FN2O2. The zero-order valence-electron chi connectivity index (χ0n) is 14.6. The van der Waals surface area contributed by atoms with Crippen molar-refractivity contribution < 1.29 is 13.9 Å². The average Bonchev–Trinajstić information content (AvgIpc) is 3.34. The molecule has 4 rings (SSSR count). The molecule has 0 radical (unpaired) electrons. The van der Waals surface area contributed by atoms with Crippen LogP contribution in [0.1, 0.15) is 17.5 Å². The Morgan fingerprint density at radius 1 is 1.19 bits per heavy atom. The van der Waals surface area contributed by atoms with Gasteiger partial charge in [0.05, 0.1) is 0 Å². The summed E-state index contributed by atoms with van der Waals surface area (Å²) in [7, 11) is 0. The first-order valence-corrected chi connectivity index (χ1v) is 9.11. The molecule has 4 nitrogen and oxygen atoms in total. The molecular weight excluding hydrogens is 331 g/mol. The first-order chi connectivity index (χ1) is 12.7. The SMILES string of the molecule is O=C(NCC1(c2cccc(F)c2)C2CCNCC21)OCc1ccccc1. The highest BCUT2D eigenvalue weighted by molar-refractivity contribution is 5.67. The molecule has 0 bridgehead atoms. The van der Waals surface area contributed by atoms with Crippen LogP contribution in [0.25, 0.3) is 0 Å². The van der Waals surface area contributed by atoms with Gasteiger partial charge in [-0.05, 0) is 54.6 Å². The van der Waals surface area contributed by atoms with Gasteiger partial charge in [0.15, 0.2) is 0 Å². The fraction of sp³-hybridized carbons (Fsp3) is 0.381. The maximum atomic E-state index is 13.8. The molecule has 2 fully saturated rings. The van der Waals surface area contributed by atoms with Gasteiger partial charge < -0.3 is 15.4 Å². The summed E-state index contributed by atoms with van der Waals surface area (Å²) in [6.45, 7) is 2.59. The van der Waals surface area contributed by atoms with Crippen molar-refractivity contribution in [1.29, 1.82) is 0 Å². The summed E-state index contributed by atoms with van der Waals surface area (Å²) in [6, 6.07) is 16.4. The largest absolute Gasteiger partial charge is 0.445 e. The fourth-order valence-corrected chi connectivity index (χ4v) is 4.47. The predicted octanol–water partition coefficient (Wildman–Crippen LogP) is 3.23. The van der Waals surface area contributed by atoms with Crippen LogP contribution >= 0.6 is 0 Å². The Bertz CT molecular complexity index is 769. The van der Waals surface area contributed by atoms with Crippen molar-refractivity contribution in [3.63, 3.8) is 0 Å². The lowest BCUT2D eigenvalue weighted by atomic mass is 9.91. The smallest absolute Gasteiger partial charge is 0.407 e. The van der Waals surface area contributed by atoms with Crippen molar-refractivity contribution >= 4 is 6.09 Å². The number of halogens is 1. The van der Waals surface area contributed by atoms with Crippen LogP contribution in [0.3, 0.4) is 0 Å². The van der Waals surface area contributed by atoms with Crippen LogP contribution < -0.4 is 10.6 Å². The van der Waals surface area contributed by atoms with Crippen molar-refractivity contribution in [1.82, 2.24) is 10.6 Å². The van der Waals surface area contributed by atoms with Crippen LogP contribution in [0.5, 0.6) is 0 Å². The minimum Gasteiger partial charge on any atom is -0.445 e. The molecule has 3 unspecified atom stereocenters. The maximum absolute atomic E-state index is 13.8. The maximum Gasteiger partial charge on any atom is 0.407 e. The van der Waals surface area contributed by atoms with E-state index in [4.69, 9.17) is 4.74 Å². The molecule has 0 spiro atoms. The molecule has 1 saturated heterocycles. The summed E-state index contributed by atoms with van der Waals surface area (Å²) in [6.07, 6.45) is 0.614. The van der Waals surface area contributed by atoms with Crippen LogP contribution in [0.4, 0.5) is 9.18 Å². The summed E-state index contributed by atoms with van der Waals surface area (Å²) in [4.78, 5) is 12.2. The summed E-state index contributed by atoms with van der Waals surface area (Å²) in [5, 5.41) is 6.33. The van der Waals surface area contributed by atoms with Crippen LogP contribution in [0.15, 0.2) is 54.6 Å². The highest BCUT2D eigenvalue weighted by atomic mass is 19.1. The third kappa shape index (κ3) is 3.19. The first-order valence-electron chi connectivity index (χ1n) is 9.11. The van der Waals surface area contributed by atoms with Gasteiger partial charge >= 0.3 is 6.09 Å². The molecule has 2 aliphatic rings. The lowest BCUT2D eigenvalue weighted by Crippen LogP contribution is -2.35. The molecule has 1 saturated carbocycles. The van der Waals surface area contributed by atoms with E-state index in [9.17, 15) is 9.18 Å². The van der Waals surface area contributed by atoms with Gasteiger partial charge in [-0.2, -0.15) is 0 Å². The Kier molecular flexibility index (Phi) is 4.64. The molecule has 2 N–H and O–H groups in total. The van der Waals surface area contributed by atoms with E-state index in [0.717, 1.165) is 30.6 Å². The topological polar surface area (TPSA) is 50.4 Å². The lowest BCUT2D eigenvalue weighted by Gasteiger charge is -2.19. The van der Waals surface area contributed by atoms with Crippen LogP contribution in [0.2, 0.25) is 0 Å². The Morgan fingerprint density at radius 2 is 2.04 bits per heavy atom. The molecule has 26 heavy (non-hydrogen) atoms. The number of rotatable bonds is 5. The van der Waals surface area contributed by atoms with Crippen molar-refractivity contribution in [3.05, 3.63) is 71.5 Å². The zero-order chi connectivity index (χ0) is 18.0.